The lowest BCUT2D eigenvalue weighted by Gasteiger charge is -2.12. The van der Waals surface area contributed by atoms with Gasteiger partial charge in [0.15, 0.2) is 0 Å². The summed E-state index contributed by atoms with van der Waals surface area (Å²) in [6.07, 6.45) is 3.12. The number of benzene rings is 2. The molecule has 2 heterocycles. The van der Waals surface area contributed by atoms with E-state index in [1.807, 2.05) is 18.2 Å². The van der Waals surface area contributed by atoms with E-state index in [1.165, 1.54) is 18.5 Å². The molecule has 0 atom stereocenters. The van der Waals surface area contributed by atoms with Gasteiger partial charge in [-0.25, -0.2) is 14.8 Å². The average Bonchev–Trinajstić information content (AvgIpc) is 2.74. The van der Waals surface area contributed by atoms with Gasteiger partial charge in [0.05, 0.1) is 21.8 Å². The quantitative estimate of drug-likeness (QED) is 0.479. The number of halogens is 1. The lowest BCUT2D eigenvalue weighted by Crippen LogP contribution is -2.00. The number of aromatic carboxylic acids is 1. The zero-order valence-corrected chi connectivity index (χ0v) is 15.8. The van der Waals surface area contributed by atoms with E-state index in [9.17, 15) is 9.90 Å². The van der Waals surface area contributed by atoms with E-state index >= 15 is 0 Å². The second-order valence-electron chi connectivity index (χ2n) is 6.14. The summed E-state index contributed by atoms with van der Waals surface area (Å²) in [6, 6.07) is 15.6. The van der Waals surface area contributed by atoms with E-state index in [4.69, 9.17) is 16.3 Å². The van der Waals surface area contributed by atoms with Crippen LogP contribution >= 0.6 is 11.6 Å². The molecular formula is C21H15ClN4O3. The number of carboxylic acid groups (broad SMARTS) is 1. The number of carbonyl (C=O) groups is 1. The molecule has 0 saturated heterocycles. The van der Waals surface area contributed by atoms with Gasteiger partial charge in [-0.15, -0.1) is 0 Å². The van der Waals surface area contributed by atoms with Gasteiger partial charge in [0.2, 0.25) is 0 Å². The van der Waals surface area contributed by atoms with Gasteiger partial charge in [-0.2, -0.15) is 0 Å². The number of anilines is 2. The van der Waals surface area contributed by atoms with Gasteiger partial charge >= 0.3 is 5.97 Å². The molecule has 2 N–H and O–H groups in total. The fourth-order valence-corrected chi connectivity index (χ4v) is 2.99. The molecule has 0 aliphatic carbocycles. The fourth-order valence-electron chi connectivity index (χ4n) is 2.76. The Morgan fingerprint density at radius 3 is 2.72 bits per heavy atom. The molecule has 144 valence electrons. The highest BCUT2D eigenvalue weighted by molar-refractivity contribution is 6.32. The number of nitrogens with zero attached hydrogens (tertiary/aromatic N) is 3. The highest BCUT2D eigenvalue weighted by Crippen LogP contribution is 2.31. The summed E-state index contributed by atoms with van der Waals surface area (Å²) in [7, 11) is 0. The van der Waals surface area contributed by atoms with Crippen molar-refractivity contribution in [3.05, 3.63) is 83.4 Å². The number of fused-ring (bicyclic) bond motifs is 1. The summed E-state index contributed by atoms with van der Waals surface area (Å²) in [5.41, 5.74) is 2.27. The molecule has 0 aliphatic rings. The Kier molecular flexibility index (Phi) is 5.22. The van der Waals surface area contributed by atoms with Gasteiger partial charge in [-0.05, 0) is 48.5 Å². The number of hydrogen-bond acceptors (Lipinski definition) is 6. The first-order chi connectivity index (χ1) is 14.1. The van der Waals surface area contributed by atoms with Crippen LogP contribution in [0.5, 0.6) is 5.75 Å². The van der Waals surface area contributed by atoms with Gasteiger partial charge in [-0.1, -0.05) is 17.7 Å². The van der Waals surface area contributed by atoms with E-state index in [2.05, 4.69) is 20.3 Å². The second kappa shape index (κ2) is 8.12. The minimum absolute atomic E-state index is 0.159. The number of rotatable bonds is 6. The van der Waals surface area contributed by atoms with Crippen molar-refractivity contribution < 1.29 is 14.6 Å². The number of aromatic nitrogens is 3. The molecule has 0 radical (unpaired) electrons. The van der Waals surface area contributed by atoms with Crippen LogP contribution in [0.3, 0.4) is 0 Å². The second-order valence-corrected chi connectivity index (χ2v) is 6.55. The molecule has 4 rings (SSSR count). The van der Waals surface area contributed by atoms with Crippen molar-refractivity contribution in [2.24, 2.45) is 0 Å². The van der Waals surface area contributed by atoms with Crippen LogP contribution in [0.15, 0.2) is 67.1 Å². The molecule has 0 saturated carbocycles. The van der Waals surface area contributed by atoms with E-state index in [-0.39, 0.29) is 5.56 Å². The van der Waals surface area contributed by atoms with Crippen molar-refractivity contribution in [2.45, 2.75) is 6.61 Å². The Balaban J connectivity index is 1.56. The highest BCUT2D eigenvalue weighted by Gasteiger charge is 2.10. The number of hydrogen-bond donors (Lipinski definition) is 2. The van der Waals surface area contributed by atoms with Crippen molar-refractivity contribution >= 4 is 40.0 Å². The van der Waals surface area contributed by atoms with Crippen molar-refractivity contribution in [2.75, 3.05) is 5.32 Å². The van der Waals surface area contributed by atoms with E-state index in [0.717, 1.165) is 5.69 Å². The third-order valence-corrected chi connectivity index (χ3v) is 4.47. The molecule has 0 aliphatic heterocycles. The summed E-state index contributed by atoms with van der Waals surface area (Å²) in [6.45, 7) is 0.307. The van der Waals surface area contributed by atoms with Crippen LogP contribution in [0.2, 0.25) is 5.02 Å². The highest BCUT2D eigenvalue weighted by atomic mass is 35.5. The molecule has 2 aromatic heterocycles. The van der Waals surface area contributed by atoms with Crippen LogP contribution in [0.25, 0.3) is 10.9 Å². The SMILES string of the molecule is O=C(O)c1ccc2ncnc(Nc3ccc(OCc4ccccn4)c(Cl)c3)c2c1. The molecule has 0 fully saturated rings. The predicted molar refractivity (Wildman–Crippen MR) is 110 cm³/mol. The van der Waals surface area contributed by atoms with Gasteiger partial charge < -0.3 is 15.2 Å². The minimum Gasteiger partial charge on any atom is -0.486 e. The summed E-state index contributed by atoms with van der Waals surface area (Å²) in [4.78, 5) is 23.9. The predicted octanol–water partition coefficient (Wildman–Crippen LogP) is 4.70. The molecule has 0 spiro atoms. The summed E-state index contributed by atoms with van der Waals surface area (Å²) in [5, 5.41) is 13.4. The molecule has 0 bridgehead atoms. The maximum Gasteiger partial charge on any atom is 0.335 e. The number of ether oxygens (including phenoxy) is 1. The van der Waals surface area contributed by atoms with Crippen LogP contribution in [-0.2, 0) is 6.61 Å². The van der Waals surface area contributed by atoms with Crippen molar-refractivity contribution in [3.8, 4) is 5.75 Å². The molecule has 2 aromatic carbocycles. The van der Waals surface area contributed by atoms with Crippen LogP contribution in [0.4, 0.5) is 11.5 Å². The first-order valence-electron chi connectivity index (χ1n) is 8.67. The molecule has 8 heteroatoms. The van der Waals surface area contributed by atoms with Gasteiger partial charge in [0.25, 0.3) is 0 Å². The molecule has 0 amide bonds. The minimum atomic E-state index is -1.01. The van der Waals surface area contributed by atoms with Crippen LogP contribution in [0.1, 0.15) is 16.1 Å². The molecule has 4 aromatic rings. The smallest absolute Gasteiger partial charge is 0.335 e. The maximum atomic E-state index is 11.3. The number of carboxylic acids is 1. The molecular weight excluding hydrogens is 392 g/mol. The monoisotopic (exact) mass is 406 g/mol. The normalized spacial score (nSPS) is 10.7. The van der Waals surface area contributed by atoms with Crippen LogP contribution in [0, 0.1) is 0 Å². The maximum absolute atomic E-state index is 11.3. The van der Waals surface area contributed by atoms with E-state index in [0.29, 0.717) is 39.8 Å². The zero-order chi connectivity index (χ0) is 20.2. The van der Waals surface area contributed by atoms with Gasteiger partial charge in [0, 0.05) is 17.3 Å². The lowest BCUT2D eigenvalue weighted by molar-refractivity contribution is 0.0697. The van der Waals surface area contributed by atoms with Gasteiger partial charge in [-0.3, -0.25) is 4.98 Å². The van der Waals surface area contributed by atoms with Crippen LogP contribution < -0.4 is 10.1 Å². The Hall–Kier alpha value is -3.71. The van der Waals surface area contributed by atoms with Crippen molar-refractivity contribution in [3.63, 3.8) is 0 Å². The van der Waals surface area contributed by atoms with Crippen LogP contribution in [-0.4, -0.2) is 26.0 Å². The average molecular weight is 407 g/mol. The third kappa shape index (κ3) is 4.25. The van der Waals surface area contributed by atoms with Crippen molar-refractivity contribution in [1.29, 1.82) is 0 Å². The number of pyridine rings is 1. The molecule has 0 unspecified atom stereocenters. The van der Waals surface area contributed by atoms with E-state index in [1.54, 1.807) is 30.5 Å². The third-order valence-electron chi connectivity index (χ3n) is 4.18. The Morgan fingerprint density at radius 2 is 1.97 bits per heavy atom. The van der Waals surface area contributed by atoms with Gasteiger partial charge in [0.1, 0.15) is 24.5 Å². The molecule has 29 heavy (non-hydrogen) atoms. The first kappa shape index (κ1) is 18.6. The summed E-state index contributed by atoms with van der Waals surface area (Å²) >= 11 is 6.35. The number of nitrogens with one attached hydrogen (secondary N) is 1. The first-order valence-corrected chi connectivity index (χ1v) is 9.05. The molecule has 7 nitrogen and oxygen atoms in total. The lowest BCUT2D eigenvalue weighted by atomic mass is 10.1. The van der Waals surface area contributed by atoms with Crippen molar-refractivity contribution in [1.82, 2.24) is 15.0 Å². The summed E-state index contributed by atoms with van der Waals surface area (Å²) < 4.78 is 5.73. The Bertz CT molecular complexity index is 1190. The summed E-state index contributed by atoms with van der Waals surface area (Å²) in [5.74, 6) is -0.000876. The largest absolute Gasteiger partial charge is 0.486 e. The Labute approximate surface area is 171 Å². The fraction of sp³-hybridized carbons (Fsp3) is 0.0476. The topological polar surface area (TPSA) is 97.2 Å². The van der Waals surface area contributed by atoms with E-state index < -0.39 is 5.97 Å². The standard InChI is InChI=1S/C21H15ClN4O3/c22-17-10-14(5-7-19(17)29-11-15-3-1-2-8-23-15)26-20-16-9-13(21(27)28)4-6-18(16)24-12-25-20/h1-10,12H,11H2,(H,27,28)(H,24,25,26). The zero-order valence-electron chi connectivity index (χ0n) is 15.0. The Morgan fingerprint density at radius 1 is 1.07 bits per heavy atom.